The van der Waals surface area contributed by atoms with E-state index in [9.17, 15) is 9.59 Å². The molecule has 0 aliphatic heterocycles. The molecular weight excluding hydrogens is 232 g/mol. The standard InChI is InChI=1S/C14H18O4/c1-4-5-13(15)17-11-6-8-12(9-7-11)18-14(16)10(2)3/h6-10H,4-5H2,1-3H3. The maximum atomic E-state index is 11.4. The Balaban J connectivity index is 2.57. The first-order valence-corrected chi connectivity index (χ1v) is 6.05. The molecule has 0 fully saturated rings. The Morgan fingerprint density at radius 2 is 1.56 bits per heavy atom. The summed E-state index contributed by atoms with van der Waals surface area (Å²) in [6, 6.07) is 6.43. The third kappa shape index (κ3) is 4.57. The molecule has 0 aliphatic rings. The van der Waals surface area contributed by atoms with Crippen molar-refractivity contribution in [3.63, 3.8) is 0 Å². The Morgan fingerprint density at radius 1 is 1.06 bits per heavy atom. The number of carbonyl (C=O) groups excluding carboxylic acids is 2. The Morgan fingerprint density at radius 3 is 2.00 bits per heavy atom. The molecule has 0 heterocycles. The maximum absolute atomic E-state index is 11.4. The lowest BCUT2D eigenvalue weighted by Gasteiger charge is -2.07. The molecule has 1 aromatic carbocycles. The summed E-state index contributed by atoms with van der Waals surface area (Å²) in [5.41, 5.74) is 0. The predicted octanol–water partition coefficient (Wildman–Crippen LogP) is 2.95. The van der Waals surface area contributed by atoms with E-state index in [0.29, 0.717) is 17.9 Å². The van der Waals surface area contributed by atoms with Crippen molar-refractivity contribution in [3.05, 3.63) is 24.3 Å². The van der Waals surface area contributed by atoms with Crippen LogP contribution < -0.4 is 9.47 Å². The van der Waals surface area contributed by atoms with Gasteiger partial charge in [0.15, 0.2) is 0 Å². The van der Waals surface area contributed by atoms with Crippen molar-refractivity contribution in [2.45, 2.75) is 33.6 Å². The molecule has 1 aromatic rings. The van der Waals surface area contributed by atoms with Crippen LogP contribution in [0.5, 0.6) is 11.5 Å². The Labute approximate surface area is 107 Å². The molecular formula is C14H18O4. The number of benzene rings is 1. The van der Waals surface area contributed by atoms with Crippen LogP contribution >= 0.6 is 0 Å². The number of ether oxygens (including phenoxy) is 2. The zero-order valence-corrected chi connectivity index (χ0v) is 10.9. The van der Waals surface area contributed by atoms with Crippen molar-refractivity contribution in [2.75, 3.05) is 0 Å². The van der Waals surface area contributed by atoms with Gasteiger partial charge in [0.1, 0.15) is 11.5 Å². The average Bonchev–Trinajstić information content (AvgIpc) is 2.31. The van der Waals surface area contributed by atoms with E-state index in [1.165, 1.54) is 0 Å². The first kappa shape index (κ1) is 14.2. The molecule has 18 heavy (non-hydrogen) atoms. The van der Waals surface area contributed by atoms with Crippen LogP contribution in [0.1, 0.15) is 33.6 Å². The van der Waals surface area contributed by atoms with Gasteiger partial charge in [-0.25, -0.2) is 0 Å². The van der Waals surface area contributed by atoms with Gasteiger partial charge in [0.2, 0.25) is 0 Å². The van der Waals surface area contributed by atoms with Crippen LogP contribution in [0.3, 0.4) is 0 Å². The fourth-order valence-corrected chi connectivity index (χ4v) is 1.20. The highest BCUT2D eigenvalue weighted by Gasteiger charge is 2.10. The fourth-order valence-electron chi connectivity index (χ4n) is 1.20. The smallest absolute Gasteiger partial charge is 0.313 e. The van der Waals surface area contributed by atoms with Crippen LogP contribution in [0.15, 0.2) is 24.3 Å². The largest absolute Gasteiger partial charge is 0.427 e. The van der Waals surface area contributed by atoms with Crippen molar-refractivity contribution in [2.24, 2.45) is 5.92 Å². The molecule has 0 bridgehead atoms. The van der Waals surface area contributed by atoms with Gasteiger partial charge in [-0.3, -0.25) is 9.59 Å². The molecule has 4 nitrogen and oxygen atoms in total. The molecule has 1 rings (SSSR count). The number of hydrogen-bond acceptors (Lipinski definition) is 4. The van der Waals surface area contributed by atoms with Gasteiger partial charge in [0.05, 0.1) is 5.92 Å². The van der Waals surface area contributed by atoms with Crippen molar-refractivity contribution in [1.29, 1.82) is 0 Å². The van der Waals surface area contributed by atoms with Gasteiger partial charge in [0, 0.05) is 6.42 Å². The van der Waals surface area contributed by atoms with E-state index in [-0.39, 0.29) is 17.9 Å². The monoisotopic (exact) mass is 250 g/mol. The molecule has 0 saturated heterocycles. The highest BCUT2D eigenvalue weighted by Crippen LogP contribution is 2.19. The minimum Gasteiger partial charge on any atom is -0.427 e. The van der Waals surface area contributed by atoms with Crippen LogP contribution in [0, 0.1) is 5.92 Å². The topological polar surface area (TPSA) is 52.6 Å². The van der Waals surface area contributed by atoms with E-state index in [1.807, 2.05) is 6.92 Å². The summed E-state index contributed by atoms with van der Waals surface area (Å²) in [7, 11) is 0. The van der Waals surface area contributed by atoms with Gasteiger partial charge in [-0.2, -0.15) is 0 Å². The van der Waals surface area contributed by atoms with Crippen LogP contribution in [0.4, 0.5) is 0 Å². The SMILES string of the molecule is CCCC(=O)Oc1ccc(OC(=O)C(C)C)cc1. The van der Waals surface area contributed by atoms with E-state index in [1.54, 1.807) is 38.1 Å². The molecule has 0 amide bonds. The zero-order chi connectivity index (χ0) is 13.5. The van der Waals surface area contributed by atoms with Gasteiger partial charge in [0.25, 0.3) is 0 Å². The molecule has 0 radical (unpaired) electrons. The average molecular weight is 250 g/mol. The van der Waals surface area contributed by atoms with E-state index in [4.69, 9.17) is 9.47 Å². The van der Waals surface area contributed by atoms with Crippen LogP contribution in [0.25, 0.3) is 0 Å². The summed E-state index contributed by atoms with van der Waals surface area (Å²) in [4.78, 5) is 22.6. The molecule has 0 aliphatic carbocycles. The van der Waals surface area contributed by atoms with Gasteiger partial charge in [-0.1, -0.05) is 20.8 Å². The van der Waals surface area contributed by atoms with E-state index < -0.39 is 0 Å². The molecule has 4 heteroatoms. The lowest BCUT2D eigenvalue weighted by Crippen LogP contribution is -2.14. The molecule has 98 valence electrons. The zero-order valence-electron chi connectivity index (χ0n) is 10.9. The van der Waals surface area contributed by atoms with Crippen molar-refractivity contribution in [1.82, 2.24) is 0 Å². The van der Waals surface area contributed by atoms with Gasteiger partial charge in [-0.05, 0) is 30.7 Å². The second-order valence-corrected chi connectivity index (χ2v) is 4.27. The first-order chi connectivity index (χ1) is 8.52. The van der Waals surface area contributed by atoms with Gasteiger partial charge in [-0.15, -0.1) is 0 Å². The van der Waals surface area contributed by atoms with Gasteiger partial charge < -0.3 is 9.47 Å². The number of hydrogen-bond donors (Lipinski definition) is 0. The molecule has 0 unspecified atom stereocenters. The molecule has 0 atom stereocenters. The third-order valence-electron chi connectivity index (χ3n) is 2.20. The number of esters is 2. The summed E-state index contributed by atoms with van der Waals surface area (Å²) in [6.45, 7) is 5.45. The molecule has 0 saturated carbocycles. The fraction of sp³-hybridized carbons (Fsp3) is 0.429. The minimum atomic E-state index is -0.286. The summed E-state index contributed by atoms with van der Waals surface area (Å²) in [6.07, 6.45) is 1.15. The van der Waals surface area contributed by atoms with Crippen LogP contribution in [-0.2, 0) is 9.59 Å². The van der Waals surface area contributed by atoms with Crippen LogP contribution in [-0.4, -0.2) is 11.9 Å². The Kier molecular flexibility index (Phi) is 5.36. The highest BCUT2D eigenvalue weighted by atomic mass is 16.5. The van der Waals surface area contributed by atoms with E-state index in [2.05, 4.69) is 0 Å². The molecule has 0 spiro atoms. The maximum Gasteiger partial charge on any atom is 0.313 e. The van der Waals surface area contributed by atoms with E-state index >= 15 is 0 Å². The second kappa shape index (κ2) is 6.79. The number of carbonyl (C=O) groups is 2. The quantitative estimate of drug-likeness (QED) is 0.595. The van der Waals surface area contributed by atoms with Crippen LogP contribution in [0.2, 0.25) is 0 Å². The predicted molar refractivity (Wildman–Crippen MR) is 67.5 cm³/mol. The van der Waals surface area contributed by atoms with Gasteiger partial charge >= 0.3 is 11.9 Å². The minimum absolute atomic E-state index is 0.174. The highest BCUT2D eigenvalue weighted by molar-refractivity contribution is 5.74. The normalized spacial score (nSPS) is 10.2. The third-order valence-corrected chi connectivity index (χ3v) is 2.20. The Bertz CT molecular complexity index is 406. The van der Waals surface area contributed by atoms with Crippen molar-refractivity contribution >= 4 is 11.9 Å². The van der Waals surface area contributed by atoms with Crippen molar-refractivity contribution < 1.29 is 19.1 Å². The lowest BCUT2D eigenvalue weighted by molar-refractivity contribution is -0.138. The number of rotatable bonds is 5. The van der Waals surface area contributed by atoms with E-state index in [0.717, 1.165) is 6.42 Å². The molecule has 0 N–H and O–H groups in total. The first-order valence-electron chi connectivity index (χ1n) is 6.05. The Hall–Kier alpha value is -1.84. The molecule has 0 aromatic heterocycles. The van der Waals surface area contributed by atoms with Crippen molar-refractivity contribution in [3.8, 4) is 11.5 Å². The summed E-state index contributed by atoms with van der Waals surface area (Å²) >= 11 is 0. The summed E-state index contributed by atoms with van der Waals surface area (Å²) in [5.74, 6) is 0.184. The second-order valence-electron chi connectivity index (χ2n) is 4.27. The summed E-state index contributed by atoms with van der Waals surface area (Å²) in [5, 5.41) is 0. The lowest BCUT2D eigenvalue weighted by atomic mass is 10.2. The summed E-state index contributed by atoms with van der Waals surface area (Å²) < 4.78 is 10.2.